The predicted octanol–water partition coefficient (Wildman–Crippen LogP) is 1.43. The zero-order chi connectivity index (χ0) is 16.1. The van der Waals surface area contributed by atoms with E-state index in [0.717, 1.165) is 39.0 Å². The maximum atomic E-state index is 12.5. The highest BCUT2D eigenvalue weighted by atomic mass is 16.3. The van der Waals surface area contributed by atoms with E-state index in [1.807, 2.05) is 26.1 Å². The number of hydrogen-bond donors (Lipinski definition) is 2. The molecule has 0 aromatic heterocycles. The summed E-state index contributed by atoms with van der Waals surface area (Å²) in [4.78, 5) is 16.5. The number of aliphatic hydroxyl groups excluding tert-OH is 1. The monoisotopic (exact) mass is 305 g/mol. The number of carbonyl (C=O) groups excluding carboxylic acids is 1. The first-order valence-corrected chi connectivity index (χ1v) is 7.97. The van der Waals surface area contributed by atoms with Gasteiger partial charge in [0, 0.05) is 25.8 Å². The molecule has 22 heavy (non-hydrogen) atoms. The molecule has 3 N–H and O–H groups in total. The highest BCUT2D eigenvalue weighted by Gasteiger charge is 2.23. The van der Waals surface area contributed by atoms with Gasteiger partial charge >= 0.3 is 0 Å². The summed E-state index contributed by atoms with van der Waals surface area (Å²) in [6.07, 6.45) is 1.85. The van der Waals surface area contributed by atoms with Crippen molar-refractivity contribution in [1.29, 1.82) is 0 Å². The van der Waals surface area contributed by atoms with Crippen LogP contribution in [0.25, 0.3) is 0 Å². The zero-order valence-electron chi connectivity index (χ0n) is 13.5. The Labute approximate surface area is 132 Å². The van der Waals surface area contributed by atoms with Crippen LogP contribution in [0.5, 0.6) is 0 Å². The number of rotatable bonds is 5. The first-order chi connectivity index (χ1) is 10.5. The Balaban J connectivity index is 1.84. The number of piperidine rings is 1. The molecular weight excluding hydrogens is 278 g/mol. The molecule has 0 spiro atoms. The van der Waals surface area contributed by atoms with Gasteiger partial charge in [-0.25, -0.2) is 0 Å². The Kier molecular flexibility index (Phi) is 5.80. The van der Waals surface area contributed by atoms with Crippen LogP contribution >= 0.6 is 0 Å². The number of hydrogen-bond acceptors (Lipinski definition) is 4. The van der Waals surface area contributed by atoms with Crippen molar-refractivity contribution in [2.75, 3.05) is 39.0 Å². The third-order valence-electron chi connectivity index (χ3n) is 4.30. The van der Waals surface area contributed by atoms with Crippen molar-refractivity contribution in [3.05, 3.63) is 29.8 Å². The Morgan fingerprint density at radius 2 is 2.05 bits per heavy atom. The third kappa shape index (κ3) is 4.45. The van der Waals surface area contributed by atoms with Gasteiger partial charge in [0.25, 0.3) is 5.91 Å². The van der Waals surface area contributed by atoms with Gasteiger partial charge in [0.2, 0.25) is 0 Å². The van der Waals surface area contributed by atoms with E-state index in [1.54, 1.807) is 17.0 Å². The lowest BCUT2D eigenvalue weighted by Gasteiger charge is -2.34. The summed E-state index contributed by atoms with van der Waals surface area (Å²) >= 11 is 0. The number of nitrogen functional groups attached to an aromatic ring is 1. The molecule has 1 aromatic carbocycles. The molecule has 0 bridgehead atoms. The number of likely N-dealkylation sites (tertiary alicyclic amines) is 1. The second kappa shape index (κ2) is 7.61. The van der Waals surface area contributed by atoms with Gasteiger partial charge in [0.05, 0.1) is 11.7 Å². The fourth-order valence-corrected chi connectivity index (χ4v) is 3.09. The minimum absolute atomic E-state index is 0.00971. The number of amides is 1. The average Bonchev–Trinajstić information content (AvgIpc) is 2.48. The quantitative estimate of drug-likeness (QED) is 0.808. The van der Waals surface area contributed by atoms with Crippen molar-refractivity contribution >= 4 is 11.6 Å². The van der Waals surface area contributed by atoms with Crippen LogP contribution in [0.1, 0.15) is 30.1 Å². The number of anilines is 1. The molecule has 1 unspecified atom stereocenters. The lowest BCUT2D eigenvalue weighted by molar-refractivity contribution is 0.0703. The molecule has 1 aliphatic rings. The van der Waals surface area contributed by atoms with Gasteiger partial charge in [-0.3, -0.25) is 4.79 Å². The molecule has 1 fully saturated rings. The molecule has 1 amide bonds. The van der Waals surface area contributed by atoms with Crippen molar-refractivity contribution in [3.63, 3.8) is 0 Å². The maximum absolute atomic E-state index is 12.5. The molecule has 1 saturated heterocycles. The van der Waals surface area contributed by atoms with E-state index in [2.05, 4.69) is 4.90 Å². The number of nitrogens with two attached hydrogens (primary N) is 1. The number of carbonyl (C=O) groups is 1. The normalized spacial score (nSPS) is 18.1. The number of β-amino-alcohol motifs (C(OH)–C–C–N with tert-alkyl or cyclic N) is 1. The molecule has 5 nitrogen and oxygen atoms in total. The SMILES string of the molecule is CC(O)CN1CCC(CN(C)C(=O)c2ccccc2N)CC1. The molecule has 0 aliphatic carbocycles. The smallest absolute Gasteiger partial charge is 0.255 e. The molecular formula is C17H27N3O2. The first kappa shape index (κ1) is 16.8. The predicted molar refractivity (Wildman–Crippen MR) is 88.7 cm³/mol. The Morgan fingerprint density at radius 3 is 2.64 bits per heavy atom. The van der Waals surface area contributed by atoms with Crippen LogP contribution < -0.4 is 5.73 Å². The van der Waals surface area contributed by atoms with Crippen molar-refractivity contribution in [2.24, 2.45) is 5.92 Å². The highest BCUT2D eigenvalue weighted by molar-refractivity contribution is 5.98. The van der Waals surface area contributed by atoms with Gasteiger partial charge in [0.1, 0.15) is 0 Å². The molecule has 1 aromatic rings. The molecule has 5 heteroatoms. The maximum Gasteiger partial charge on any atom is 0.255 e. The molecule has 1 heterocycles. The lowest BCUT2D eigenvalue weighted by atomic mass is 9.96. The number of benzene rings is 1. The summed E-state index contributed by atoms with van der Waals surface area (Å²) in [5.74, 6) is 0.508. The summed E-state index contributed by atoms with van der Waals surface area (Å²) in [7, 11) is 1.84. The van der Waals surface area contributed by atoms with E-state index < -0.39 is 0 Å². The van der Waals surface area contributed by atoms with E-state index in [9.17, 15) is 9.90 Å². The summed E-state index contributed by atoms with van der Waals surface area (Å²) in [6.45, 7) is 5.30. The fourth-order valence-electron chi connectivity index (χ4n) is 3.09. The lowest BCUT2D eigenvalue weighted by Crippen LogP contribution is -2.41. The van der Waals surface area contributed by atoms with E-state index in [-0.39, 0.29) is 12.0 Å². The van der Waals surface area contributed by atoms with Crippen molar-refractivity contribution in [3.8, 4) is 0 Å². The van der Waals surface area contributed by atoms with E-state index in [1.165, 1.54) is 0 Å². The summed E-state index contributed by atoms with van der Waals surface area (Å²) in [5, 5.41) is 9.43. The topological polar surface area (TPSA) is 69.8 Å². The third-order valence-corrected chi connectivity index (χ3v) is 4.30. The minimum atomic E-state index is -0.276. The summed E-state index contributed by atoms with van der Waals surface area (Å²) < 4.78 is 0. The van der Waals surface area contributed by atoms with Crippen molar-refractivity contribution in [1.82, 2.24) is 9.80 Å². The standard InChI is InChI=1S/C17H27N3O2/c1-13(21)11-20-9-7-14(8-10-20)12-19(2)17(22)15-5-3-4-6-16(15)18/h3-6,13-14,21H,7-12,18H2,1-2H3. The molecule has 2 rings (SSSR count). The van der Waals surface area contributed by atoms with Crippen LogP contribution in [0.3, 0.4) is 0 Å². The van der Waals surface area contributed by atoms with Gasteiger partial charge in [-0.2, -0.15) is 0 Å². The Hall–Kier alpha value is -1.59. The number of aliphatic hydroxyl groups is 1. The van der Waals surface area contributed by atoms with Gasteiger partial charge in [-0.15, -0.1) is 0 Å². The Bertz CT molecular complexity index is 496. The summed E-state index contributed by atoms with van der Waals surface area (Å²) in [5.41, 5.74) is 6.99. The van der Waals surface area contributed by atoms with Crippen LogP contribution in [0, 0.1) is 5.92 Å². The van der Waals surface area contributed by atoms with Gasteiger partial charge < -0.3 is 20.6 Å². The van der Waals surface area contributed by atoms with E-state index in [0.29, 0.717) is 17.2 Å². The second-order valence-corrected chi connectivity index (χ2v) is 6.37. The summed E-state index contributed by atoms with van der Waals surface area (Å²) in [6, 6.07) is 7.21. The number of para-hydroxylation sites is 1. The largest absolute Gasteiger partial charge is 0.398 e. The van der Waals surface area contributed by atoms with Gasteiger partial charge in [0.15, 0.2) is 0 Å². The van der Waals surface area contributed by atoms with E-state index in [4.69, 9.17) is 5.73 Å². The molecule has 122 valence electrons. The van der Waals surface area contributed by atoms with Crippen molar-refractivity contribution in [2.45, 2.75) is 25.9 Å². The van der Waals surface area contributed by atoms with Crippen LogP contribution in [0.4, 0.5) is 5.69 Å². The molecule has 1 atom stereocenters. The minimum Gasteiger partial charge on any atom is -0.398 e. The van der Waals surface area contributed by atoms with Crippen LogP contribution in [-0.2, 0) is 0 Å². The van der Waals surface area contributed by atoms with Crippen LogP contribution in [0.15, 0.2) is 24.3 Å². The average molecular weight is 305 g/mol. The van der Waals surface area contributed by atoms with Crippen LogP contribution in [0.2, 0.25) is 0 Å². The van der Waals surface area contributed by atoms with Gasteiger partial charge in [-0.1, -0.05) is 12.1 Å². The molecule has 0 radical (unpaired) electrons. The Morgan fingerprint density at radius 1 is 1.41 bits per heavy atom. The fraction of sp³-hybridized carbons (Fsp3) is 0.588. The highest BCUT2D eigenvalue weighted by Crippen LogP contribution is 2.20. The first-order valence-electron chi connectivity index (χ1n) is 7.97. The number of nitrogens with zero attached hydrogens (tertiary/aromatic N) is 2. The van der Waals surface area contributed by atoms with Crippen LogP contribution in [-0.4, -0.2) is 60.1 Å². The molecule has 0 saturated carbocycles. The molecule has 1 aliphatic heterocycles. The van der Waals surface area contributed by atoms with Crippen molar-refractivity contribution < 1.29 is 9.90 Å². The van der Waals surface area contributed by atoms with E-state index >= 15 is 0 Å². The van der Waals surface area contributed by atoms with Gasteiger partial charge in [-0.05, 0) is 50.9 Å². The zero-order valence-corrected chi connectivity index (χ0v) is 13.5. The second-order valence-electron chi connectivity index (χ2n) is 6.37.